The summed E-state index contributed by atoms with van der Waals surface area (Å²) >= 11 is 0. The number of rotatable bonds is 6. The Bertz CT molecular complexity index is 464. The van der Waals surface area contributed by atoms with Gasteiger partial charge in [-0.2, -0.15) is 0 Å². The molecular weight excluding hydrogens is 250 g/mol. The van der Waals surface area contributed by atoms with E-state index in [2.05, 4.69) is 5.32 Å². The summed E-state index contributed by atoms with van der Waals surface area (Å²) in [7, 11) is 1.33. The van der Waals surface area contributed by atoms with Crippen LogP contribution < -0.4 is 5.32 Å². The maximum atomic E-state index is 11.5. The average Bonchev–Trinajstić information content (AvgIpc) is 2.70. The summed E-state index contributed by atoms with van der Waals surface area (Å²) in [4.78, 5) is 22.4. The Morgan fingerprint density at radius 3 is 2.53 bits per heavy atom. The quantitative estimate of drug-likeness (QED) is 0.762. The van der Waals surface area contributed by atoms with E-state index in [0.29, 0.717) is 11.3 Å². The van der Waals surface area contributed by atoms with Crippen molar-refractivity contribution in [3.63, 3.8) is 0 Å². The van der Waals surface area contributed by atoms with Gasteiger partial charge in [0.25, 0.3) is 0 Å². The fraction of sp³-hybridized carbons (Fsp3) is 0.538. The summed E-state index contributed by atoms with van der Waals surface area (Å²) in [6, 6.07) is 1.19. The van der Waals surface area contributed by atoms with Gasteiger partial charge in [-0.3, -0.25) is 10.1 Å². The Balaban J connectivity index is 2.72. The fourth-order valence-corrected chi connectivity index (χ4v) is 1.78. The smallest absolute Gasteiger partial charge is 0.372 e. The minimum atomic E-state index is -1.10. The lowest BCUT2D eigenvalue weighted by atomic mass is 10.0. The highest BCUT2D eigenvalue weighted by Crippen LogP contribution is 2.15. The van der Waals surface area contributed by atoms with E-state index in [9.17, 15) is 9.59 Å². The zero-order valence-corrected chi connectivity index (χ0v) is 11.5. The summed E-state index contributed by atoms with van der Waals surface area (Å²) in [5.41, 5.74) is 0.559. The third-order valence-electron chi connectivity index (χ3n) is 2.78. The van der Waals surface area contributed by atoms with E-state index in [-0.39, 0.29) is 24.2 Å². The number of methoxy groups -OCH3 is 1. The van der Waals surface area contributed by atoms with Gasteiger partial charge in [-0.05, 0) is 18.9 Å². The van der Waals surface area contributed by atoms with Gasteiger partial charge in [0, 0.05) is 5.56 Å². The number of furan rings is 1. The van der Waals surface area contributed by atoms with Crippen LogP contribution >= 0.6 is 0 Å². The van der Waals surface area contributed by atoms with Crippen LogP contribution in [0.15, 0.2) is 10.5 Å². The number of hydrogen-bond donors (Lipinski definition) is 2. The number of carboxylic acid groups (broad SMARTS) is 1. The molecule has 1 aromatic rings. The maximum absolute atomic E-state index is 11.5. The molecule has 106 valence electrons. The van der Waals surface area contributed by atoms with E-state index in [1.54, 1.807) is 13.0 Å². The number of esters is 1. The minimum Gasteiger partial charge on any atom is -0.475 e. The lowest BCUT2D eigenvalue weighted by Gasteiger charge is -2.19. The van der Waals surface area contributed by atoms with Gasteiger partial charge in [-0.15, -0.1) is 0 Å². The highest BCUT2D eigenvalue weighted by Gasteiger charge is 2.23. The molecule has 19 heavy (non-hydrogen) atoms. The molecule has 1 atom stereocenters. The van der Waals surface area contributed by atoms with Crippen molar-refractivity contribution in [2.24, 2.45) is 5.92 Å². The lowest BCUT2D eigenvalue weighted by molar-refractivity contribution is -0.144. The van der Waals surface area contributed by atoms with E-state index in [1.807, 2.05) is 13.8 Å². The molecule has 1 unspecified atom stereocenters. The van der Waals surface area contributed by atoms with Crippen LogP contribution in [0.1, 0.15) is 35.7 Å². The van der Waals surface area contributed by atoms with Gasteiger partial charge in [0.05, 0.1) is 13.7 Å². The Labute approximate surface area is 111 Å². The molecule has 0 fully saturated rings. The summed E-state index contributed by atoms with van der Waals surface area (Å²) < 4.78 is 9.91. The highest BCUT2D eigenvalue weighted by molar-refractivity contribution is 5.86. The Morgan fingerprint density at radius 1 is 1.47 bits per heavy atom. The third-order valence-corrected chi connectivity index (χ3v) is 2.78. The Morgan fingerprint density at radius 2 is 2.11 bits per heavy atom. The van der Waals surface area contributed by atoms with Crippen molar-refractivity contribution in [1.82, 2.24) is 5.32 Å². The van der Waals surface area contributed by atoms with Crippen LogP contribution in [0.5, 0.6) is 0 Å². The van der Waals surface area contributed by atoms with Gasteiger partial charge >= 0.3 is 11.9 Å². The van der Waals surface area contributed by atoms with Gasteiger partial charge in [-0.25, -0.2) is 4.79 Å². The Hall–Kier alpha value is -1.82. The van der Waals surface area contributed by atoms with Crippen LogP contribution in [0.3, 0.4) is 0 Å². The standard InChI is InChI=1S/C13H19NO5/c1-7(2)10(13(17)18-4)14-6-9-5-8(3)11(19-9)12(15)16/h5,7,10,14H,6H2,1-4H3,(H,15,16). The zero-order chi connectivity index (χ0) is 14.6. The zero-order valence-electron chi connectivity index (χ0n) is 11.5. The maximum Gasteiger partial charge on any atom is 0.372 e. The van der Waals surface area contributed by atoms with Gasteiger partial charge in [0.1, 0.15) is 11.8 Å². The van der Waals surface area contributed by atoms with E-state index in [4.69, 9.17) is 14.3 Å². The van der Waals surface area contributed by atoms with E-state index < -0.39 is 12.0 Å². The molecule has 0 saturated heterocycles. The Kier molecular flexibility index (Phi) is 5.11. The summed E-state index contributed by atoms with van der Waals surface area (Å²) in [5, 5.41) is 11.9. The predicted octanol–water partition coefficient (Wildman–Crippen LogP) is 1.57. The van der Waals surface area contributed by atoms with Gasteiger partial charge in [-0.1, -0.05) is 13.8 Å². The molecule has 2 N–H and O–H groups in total. The normalized spacial score (nSPS) is 12.5. The summed E-state index contributed by atoms with van der Waals surface area (Å²) in [6.07, 6.45) is 0. The van der Waals surface area contributed by atoms with Crippen molar-refractivity contribution in [1.29, 1.82) is 0 Å². The second-order valence-electron chi connectivity index (χ2n) is 4.66. The van der Waals surface area contributed by atoms with Crippen molar-refractivity contribution >= 4 is 11.9 Å². The van der Waals surface area contributed by atoms with Crippen LogP contribution in [0.25, 0.3) is 0 Å². The molecule has 1 aromatic heterocycles. The number of aromatic carboxylic acids is 1. The molecule has 0 aliphatic carbocycles. The highest BCUT2D eigenvalue weighted by atomic mass is 16.5. The first kappa shape index (κ1) is 15.2. The molecule has 0 spiro atoms. The average molecular weight is 269 g/mol. The van der Waals surface area contributed by atoms with Crippen LogP contribution in [-0.2, 0) is 16.1 Å². The van der Waals surface area contributed by atoms with Crippen molar-refractivity contribution in [3.05, 3.63) is 23.2 Å². The molecule has 0 aliphatic heterocycles. The number of hydrogen-bond acceptors (Lipinski definition) is 5. The lowest BCUT2D eigenvalue weighted by Crippen LogP contribution is -2.41. The number of carbonyl (C=O) groups excluding carboxylic acids is 1. The van der Waals surface area contributed by atoms with Crippen molar-refractivity contribution in [2.45, 2.75) is 33.4 Å². The molecule has 1 rings (SSSR count). The first-order valence-electron chi connectivity index (χ1n) is 6.00. The first-order chi connectivity index (χ1) is 8.86. The second kappa shape index (κ2) is 6.38. The van der Waals surface area contributed by atoms with Crippen LogP contribution in [0.4, 0.5) is 0 Å². The summed E-state index contributed by atoms with van der Waals surface area (Å²) in [5.74, 6) is -0.989. The second-order valence-corrected chi connectivity index (χ2v) is 4.66. The molecule has 0 aromatic carbocycles. The van der Waals surface area contributed by atoms with Gasteiger partial charge in [0.15, 0.2) is 0 Å². The molecule has 0 amide bonds. The number of carbonyl (C=O) groups is 2. The monoisotopic (exact) mass is 269 g/mol. The van der Waals surface area contributed by atoms with Crippen LogP contribution in [-0.4, -0.2) is 30.2 Å². The molecule has 6 nitrogen and oxygen atoms in total. The molecule has 0 aliphatic rings. The molecule has 0 bridgehead atoms. The van der Waals surface area contributed by atoms with E-state index >= 15 is 0 Å². The fourth-order valence-electron chi connectivity index (χ4n) is 1.78. The molecular formula is C13H19NO5. The topological polar surface area (TPSA) is 88.8 Å². The SMILES string of the molecule is COC(=O)C(NCc1cc(C)c(C(=O)O)o1)C(C)C. The van der Waals surface area contributed by atoms with Crippen LogP contribution in [0, 0.1) is 12.8 Å². The first-order valence-corrected chi connectivity index (χ1v) is 6.00. The molecule has 0 radical (unpaired) electrons. The number of ether oxygens (including phenoxy) is 1. The molecule has 0 saturated carbocycles. The number of aryl methyl sites for hydroxylation is 1. The van der Waals surface area contributed by atoms with Crippen LogP contribution in [0.2, 0.25) is 0 Å². The predicted molar refractivity (Wildman–Crippen MR) is 67.9 cm³/mol. The van der Waals surface area contributed by atoms with Gasteiger partial charge < -0.3 is 14.3 Å². The van der Waals surface area contributed by atoms with E-state index in [1.165, 1.54) is 7.11 Å². The third kappa shape index (κ3) is 3.82. The van der Waals surface area contributed by atoms with Crippen molar-refractivity contribution in [2.75, 3.05) is 7.11 Å². The number of nitrogens with one attached hydrogen (secondary N) is 1. The minimum absolute atomic E-state index is 0.0578. The number of carboxylic acids is 1. The van der Waals surface area contributed by atoms with E-state index in [0.717, 1.165) is 0 Å². The van der Waals surface area contributed by atoms with Gasteiger partial charge in [0.2, 0.25) is 5.76 Å². The van der Waals surface area contributed by atoms with Crippen molar-refractivity contribution < 1.29 is 23.8 Å². The molecule has 1 heterocycles. The largest absolute Gasteiger partial charge is 0.475 e. The summed E-state index contributed by atoms with van der Waals surface area (Å²) in [6.45, 7) is 5.72. The van der Waals surface area contributed by atoms with Crippen molar-refractivity contribution in [3.8, 4) is 0 Å². The molecule has 6 heteroatoms.